The lowest BCUT2D eigenvalue weighted by molar-refractivity contribution is -0.127. The molecule has 1 N–H and O–H groups in total. The Bertz CT molecular complexity index is 429. The van der Waals surface area contributed by atoms with Gasteiger partial charge in [0.2, 0.25) is 0 Å². The van der Waals surface area contributed by atoms with Crippen molar-refractivity contribution in [2.75, 3.05) is 0 Å². The Balaban J connectivity index is 1.98. The summed E-state index contributed by atoms with van der Waals surface area (Å²) in [6.07, 6.45) is 1.73. The average Bonchev–Trinajstić information content (AvgIpc) is 3.07. The van der Waals surface area contributed by atoms with Crippen molar-refractivity contribution in [2.24, 2.45) is 0 Å². The Labute approximate surface area is 110 Å². The third-order valence-electron chi connectivity index (χ3n) is 2.75. The smallest absolute Gasteiger partial charge is 0.260 e. The van der Waals surface area contributed by atoms with Crippen LogP contribution in [0.2, 0.25) is 0 Å². The molecular weight excluding hydrogens is 282 g/mol. The van der Waals surface area contributed by atoms with Crippen molar-refractivity contribution in [1.29, 1.82) is 0 Å². The Morgan fingerprint density at radius 1 is 1.53 bits per heavy atom. The van der Waals surface area contributed by atoms with Gasteiger partial charge < -0.3 is 10.1 Å². The minimum atomic E-state index is -0.455. The largest absolute Gasteiger partial charge is 0.481 e. The van der Waals surface area contributed by atoms with Gasteiger partial charge in [0, 0.05) is 10.5 Å². The number of nitrogens with one attached hydrogen (secondary N) is 1. The van der Waals surface area contributed by atoms with Crippen LogP contribution in [0.5, 0.6) is 5.75 Å². The van der Waals surface area contributed by atoms with Crippen LogP contribution in [-0.4, -0.2) is 18.1 Å². The number of halogens is 1. The van der Waals surface area contributed by atoms with E-state index in [1.54, 1.807) is 6.92 Å². The molecule has 92 valence electrons. The maximum atomic E-state index is 11.7. The second-order valence-electron chi connectivity index (χ2n) is 4.45. The number of rotatable bonds is 4. The number of hydrogen-bond donors (Lipinski definition) is 1. The van der Waals surface area contributed by atoms with Gasteiger partial charge in [-0.05, 0) is 44.4 Å². The van der Waals surface area contributed by atoms with Gasteiger partial charge in [-0.2, -0.15) is 0 Å². The van der Waals surface area contributed by atoms with Crippen molar-refractivity contribution >= 4 is 21.8 Å². The zero-order valence-corrected chi connectivity index (χ0v) is 11.6. The molecule has 1 aromatic rings. The fourth-order valence-electron chi connectivity index (χ4n) is 1.49. The van der Waals surface area contributed by atoms with Crippen LogP contribution in [0.3, 0.4) is 0 Å². The highest BCUT2D eigenvalue weighted by molar-refractivity contribution is 9.10. The lowest BCUT2D eigenvalue weighted by Crippen LogP contribution is -2.37. The van der Waals surface area contributed by atoms with E-state index < -0.39 is 6.10 Å². The van der Waals surface area contributed by atoms with Crippen LogP contribution in [0.15, 0.2) is 22.7 Å². The molecule has 1 amide bonds. The van der Waals surface area contributed by atoms with Crippen LogP contribution in [0.25, 0.3) is 0 Å². The summed E-state index contributed by atoms with van der Waals surface area (Å²) < 4.78 is 6.63. The highest BCUT2D eigenvalue weighted by Crippen LogP contribution is 2.24. The molecule has 1 aliphatic rings. The Morgan fingerprint density at radius 3 is 2.88 bits per heavy atom. The van der Waals surface area contributed by atoms with Crippen molar-refractivity contribution in [1.82, 2.24) is 5.32 Å². The number of benzene rings is 1. The summed E-state index contributed by atoms with van der Waals surface area (Å²) in [6.45, 7) is 3.74. The maximum Gasteiger partial charge on any atom is 0.260 e. The fraction of sp³-hybridized carbons (Fsp3) is 0.462. The Morgan fingerprint density at radius 2 is 2.24 bits per heavy atom. The highest BCUT2D eigenvalue weighted by Gasteiger charge is 2.26. The number of carbonyl (C=O) groups is 1. The topological polar surface area (TPSA) is 38.3 Å². The van der Waals surface area contributed by atoms with E-state index in [4.69, 9.17) is 4.74 Å². The molecule has 1 saturated carbocycles. The summed E-state index contributed by atoms with van der Waals surface area (Å²) in [5, 5.41) is 2.93. The first-order chi connectivity index (χ1) is 8.06. The molecule has 0 saturated heterocycles. The molecule has 1 unspecified atom stereocenters. The summed E-state index contributed by atoms with van der Waals surface area (Å²) in [4.78, 5) is 11.7. The van der Waals surface area contributed by atoms with E-state index in [-0.39, 0.29) is 5.91 Å². The van der Waals surface area contributed by atoms with Crippen molar-refractivity contribution in [2.45, 2.75) is 38.8 Å². The normalized spacial score (nSPS) is 16.4. The van der Waals surface area contributed by atoms with Crippen molar-refractivity contribution in [3.8, 4) is 5.75 Å². The second kappa shape index (κ2) is 5.08. The molecule has 0 aliphatic heterocycles. The third-order valence-corrected chi connectivity index (χ3v) is 3.24. The van der Waals surface area contributed by atoms with Gasteiger partial charge in [-0.1, -0.05) is 22.0 Å². The van der Waals surface area contributed by atoms with Gasteiger partial charge in [0.1, 0.15) is 5.75 Å². The van der Waals surface area contributed by atoms with E-state index in [2.05, 4.69) is 21.2 Å². The van der Waals surface area contributed by atoms with Crippen LogP contribution < -0.4 is 10.1 Å². The summed E-state index contributed by atoms with van der Waals surface area (Å²) in [5.41, 5.74) is 1.03. The average molecular weight is 298 g/mol. The van der Waals surface area contributed by atoms with Crippen LogP contribution in [0, 0.1) is 6.92 Å². The third kappa shape index (κ3) is 3.46. The minimum absolute atomic E-state index is 0.0353. The number of amides is 1. The predicted molar refractivity (Wildman–Crippen MR) is 70.1 cm³/mol. The minimum Gasteiger partial charge on any atom is -0.481 e. The molecule has 2 rings (SSSR count). The molecule has 0 aromatic heterocycles. The zero-order chi connectivity index (χ0) is 12.4. The zero-order valence-electron chi connectivity index (χ0n) is 10.00. The van der Waals surface area contributed by atoms with Crippen molar-refractivity contribution in [3.05, 3.63) is 28.2 Å². The molecule has 1 aliphatic carbocycles. The SMILES string of the molecule is Cc1ccc(Br)cc1OC(C)C(=O)NC1CC1. The molecule has 1 atom stereocenters. The molecule has 17 heavy (non-hydrogen) atoms. The second-order valence-corrected chi connectivity index (χ2v) is 5.37. The molecule has 0 heterocycles. The molecule has 0 radical (unpaired) electrons. The lowest BCUT2D eigenvalue weighted by Gasteiger charge is -2.16. The summed E-state index contributed by atoms with van der Waals surface area (Å²) in [6, 6.07) is 6.18. The molecule has 1 aromatic carbocycles. The molecule has 3 nitrogen and oxygen atoms in total. The van der Waals surface area contributed by atoms with Crippen LogP contribution in [0.4, 0.5) is 0 Å². The van der Waals surface area contributed by atoms with Gasteiger partial charge in [0.15, 0.2) is 6.10 Å². The van der Waals surface area contributed by atoms with Gasteiger partial charge in [-0.3, -0.25) is 4.79 Å². The molecule has 0 bridgehead atoms. The first-order valence-electron chi connectivity index (χ1n) is 5.79. The first kappa shape index (κ1) is 12.4. The van der Waals surface area contributed by atoms with E-state index in [9.17, 15) is 4.79 Å². The van der Waals surface area contributed by atoms with Gasteiger partial charge in [-0.25, -0.2) is 0 Å². The predicted octanol–water partition coefficient (Wildman–Crippen LogP) is 2.80. The van der Waals surface area contributed by atoms with Crippen molar-refractivity contribution < 1.29 is 9.53 Å². The summed E-state index contributed by atoms with van der Waals surface area (Å²) >= 11 is 3.39. The number of aryl methyl sites for hydroxylation is 1. The van der Waals surface area contributed by atoms with Crippen LogP contribution >= 0.6 is 15.9 Å². The molecular formula is C13H16BrNO2. The van der Waals surface area contributed by atoms with Gasteiger partial charge >= 0.3 is 0 Å². The summed E-state index contributed by atoms with van der Waals surface area (Å²) in [5.74, 6) is 0.713. The van der Waals surface area contributed by atoms with Crippen LogP contribution in [0.1, 0.15) is 25.3 Å². The molecule has 1 fully saturated rings. The van der Waals surface area contributed by atoms with Gasteiger partial charge in [0.05, 0.1) is 0 Å². The van der Waals surface area contributed by atoms with Gasteiger partial charge in [-0.15, -0.1) is 0 Å². The highest BCUT2D eigenvalue weighted by atomic mass is 79.9. The number of carbonyl (C=O) groups excluding carboxylic acids is 1. The standard InChI is InChI=1S/C13H16BrNO2/c1-8-3-4-10(14)7-12(8)17-9(2)13(16)15-11-5-6-11/h3-4,7,9,11H,5-6H2,1-2H3,(H,15,16). The van der Waals surface area contributed by atoms with E-state index >= 15 is 0 Å². The van der Waals surface area contributed by atoms with Crippen LogP contribution in [-0.2, 0) is 4.79 Å². The quantitative estimate of drug-likeness (QED) is 0.928. The Hall–Kier alpha value is -1.03. The maximum absolute atomic E-state index is 11.7. The number of hydrogen-bond acceptors (Lipinski definition) is 2. The fourth-order valence-corrected chi connectivity index (χ4v) is 1.83. The van der Waals surface area contributed by atoms with Crippen molar-refractivity contribution in [3.63, 3.8) is 0 Å². The lowest BCUT2D eigenvalue weighted by atomic mass is 10.2. The van der Waals surface area contributed by atoms with Gasteiger partial charge in [0.25, 0.3) is 5.91 Å². The number of ether oxygens (including phenoxy) is 1. The Kier molecular flexibility index (Phi) is 3.72. The van der Waals surface area contributed by atoms with E-state index in [0.717, 1.165) is 28.6 Å². The summed E-state index contributed by atoms with van der Waals surface area (Å²) in [7, 11) is 0. The van der Waals surface area contributed by atoms with E-state index in [1.807, 2.05) is 25.1 Å². The first-order valence-corrected chi connectivity index (χ1v) is 6.59. The van der Waals surface area contributed by atoms with E-state index in [1.165, 1.54) is 0 Å². The monoisotopic (exact) mass is 297 g/mol. The molecule has 4 heteroatoms. The molecule has 0 spiro atoms. The van der Waals surface area contributed by atoms with E-state index in [0.29, 0.717) is 6.04 Å².